The molecule has 1 aromatic carbocycles. The standard InChI is InChI=1S/C12H15FN2O3.ClH/c1-17-11-3-2-8(6-9(11)13)15-12(16)10-7-18-5-4-14-10;/h2-3,6,10,14H,4-5,7H2,1H3,(H,15,16);1H. The van der Waals surface area contributed by atoms with Crippen molar-refractivity contribution in [1.82, 2.24) is 5.32 Å². The van der Waals surface area contributed by atoms with Gasteiger partial charge in [0.25, 0.3) is 0 Å². The molecule has 1 atom stereocenters. The van der Waals surface area contributed by atoms with E-state index in [1.54, 1.807) is 6.07 Å². The lowest BCUT2D eigenvalue weighted by atomic mass is 10.2. The molecule has 0 bridgehead atoms. The maximum absolute atomic E-state index is 13.4. The Morgan fingerprint density at radius 2 is 2.37 bits per heavy atom. The van der Waals surface area contributed by atoms with Gasteiger partial charge in [0.1, 0.15) is 6.04 Å². The zero-order valence-corrected chi connectivity index (χ0v) is 11.3. The van der Waals surface area contributed by atoms with Crippen LogP contribution in [-0.4, -0.2) is 38.8 Å². The molecule has 0 aromatic heterocycles. The van der Waals surface area contributed by atoms with Crippen molar-refractivity contribution in [2.45, 2.75) is 6.04 Å². The van der Waals surface area contributed by atoms with E-state index in [-0.39, 0.29) is 24.1 Å². The number of carbonyl (C=O) groups is 1. The Labute approximate surface area is 116 Å². The minimum absolute atomic E-state index is 0. The highest BCUT2D eigenvalue weighted by Crippen LogP contribution is 2.20. The summed E-state index contributed by atoms with van der Waals surface area (Å²) in [6, 6.07) is 3.88. The summed E-state index contributed by atoms with van der Waals surface area (Å²) in [4.78, 5) is 11.8. The van der Waals surface area contributed by atoms with Gasteiger partial charge in [0.2, 0.25) is 5.91 Å². The van der Waals surface area contributed by atoms with Gasteiger partial charge in [0, 0.05) is 18.3 Å². The van der Waals surface area contributed by atoms with Crippen molar-refractivity contribution in [3.8, 4) is 5.75 Å². The molecule has 1 unspecified atom stereocenters. The molecular formula is C12H16ClFN2O3. The van der Waals surface area contributed by atoms with Crippen LogP contribution in [0.5, 0.6) is 5.75 Å². The number of hydrogen-bond donors (Lipinski definition) is 2. The maximum atomic E-state index is 13.4. The van der Waals surface area contributed by atoms with Gasteiger partial charge in [-0.25, -0.2) is 4.39 Å². The van der Waals surface area contributed by atoms with Gasteiger partial charge < -0.3 is 20.1 Å². The molecule has 1 heterocycles. The molecule has 1 fully saturated rings. The lowest BCUT2D eigenvalue weighted by Crippen LogP contribution is -2.48. The Hall–Kier alpha value is -1.37. The molecule has 1 saturated heterocycles. The monoisotopic (exact) mass is 290 g/mol. The minimum Gasteiger partial charge on any atom is -0.494 e. The van der Waals surface area contributed by atoms with Crippen molar-refractivity contribution >= 4 is 24.0 Å². The zero-order chi connectivity index (χ0) is 13.0. The maximum Gasteiger partial charge on any atom is 0.243 e. The fourth-order valence-electron chi connectivity index (χ4n) is 1.71. The highest BCUT2D eigenvalue weighted by molar-refractivity contribution is 5.95. The fourth-order valence-corrected chi connectivity index (χ4v) is 1.71. The summed E-state index contributed by atoms with van der Waals surface area (Å²) in [6.07, 6.45) is 0. The Bertz CT molecular complexity index is 439. The molecule has 0 saturated carbocycles. The molecule has 5 nitrogen and oxygen atoms in total. The summed E-state index contributed by atoms with van der Waals surface area (Å²) in [5.41, 5.74) is 0.394. The predicted octanol–water partition coefficient (Wildman–Crippen LogP) is 1.18. The molecule has 0 aliphatic carbocycles. The second kappa shape index (κ2) is 7.28. The number of nitrogens with one attached hydrogen (secondary N) is 2. The Balaban J connectivity index is 0.00000180. The second-order valence-corrected chi connectivity index (χ2v) is 3.92. The molecule has 0 spiro atoms. The van der Waals surface area contributed by atoms with Crippen LogP contribution in [0.2, 0.25) is 0 Å². The van der Waals surface area contributed by atoms with Crippen molar-refractivity contribution in [1.29, 1.82) is 0 Å². The Morgan fingerprint density at radius 3 is 2.95 bits per heavy atom. The van der Waals surface area contributed by atoms with Gasteiger partial charge in [0.15, 0.2) is 11.6 Å². The summed E-state index contributed by atoms with van der Waals surface area (Å²) in [5.74, 6) is -0.602. The number of methoxy groups -OCH3 is 1. The SMILES string of the molecule is COc1ccc(NC(=O)C2COCCN2)cc1F.Cl. The van der Waals surface area contributed by atoms with Gasteiger partial charge in [-0.15, -0.1) is 12.4 Å². The third kappa shape index (κ3) is 4.05. The van der Waals surface area contributed by atoms with Crippen molar-refractivity contribution in [3.63, 3.8) is 0 Å². The van der Waals surface area contributed by atoms with E-state index in [1.807, 2.05) is 0 Å². The van der Waals surface area contributed by atoms with Crippen LogP contribution in [0.3, 0.4) is 0 Å². The molecule has 2 N–H and O–H groups in total. The van der Waals surface area contributed by atoms with Crippen LogP contribution < -0.4 is 15.4 Å². The molecule has 2 rings (SSSR count). The Kier molecular flexibility index (Phi) is 6.01. The minimum atomic E-state index is -0.511. The summed E-state index contributed by atoms with van der Waals surface area (Å²) in [6.45, 7) is 1.56. The first-order valence-electron chi connectivity index (χ1n) is 5.66. The molecular weight excluding hydrogens is 275 g/mol. The molecule has 7 heteroatoms. The smallest absolute Gasteiger partial charge is 0.243 e. The topological polar surface area (TPSA) is 59.6 Å². The van der Waals surface area contributed by atoms with Crippen LogP contribution in [0.15, 0.2) is 18.2 Å². The highest BCUT2D eigenvalue weighted by atomic mass is 35.5. The van der Waals surface area contributed by atoms with Crippen molar-refractivity contribution < 1.29 is 18.7 Å². The summed E-state index contributed by atoms with van der Waals surface area (Å²) in [5, 5.41) is 5.65. The Morgan fingerprint density at radius 1 is 1.58 bits per heavy atom. The number of carbonyl (C=O) groups excluding carboxylic acids is 1. The van der Waals surface area contributed by atoms with Crippen molar-refractivity contribution in [2.75, 3.05) is 32.2 Å². The summed E-state index contributed by atoms with van der Waals surface area (Å²) >= 11 is 0. The van der Waals surface area contributed by atoms with Gasteiger partial charge in [-0.3, -0.25) is 4.79 Å². The first-order valence-corrected chi connectivity index (χ1v) is 5.66. The van der Waals surface area contributed by atoms with Crippen LogP contribution in [0.1, 0.15) is 0 Å². The van der Waals surface area contributed by atoms with E-state index in [4.69, 9.17) is 9.47 Å². The average Bonchev–Trinajstić information content (AvgIpc) is 2.40. The van der Waals surface area contributed by atoms with Crippen LogP contribution in [0.4, 0.5) is 10.1 Å². The quantitative estimate of drug-likeness (QED) is 0.878. The van der Waals surface area contributed by atoms with Gasteiger partial charge >= 0.3 is 0 Å². The number of amides is 1. The van der Waals surface area contributed by atoms with E-state index >= 15 is 0 Å². The van der Waals surface area contributed by atoms with E-state index in [1.165, 1.54) is 19.2 Å². The number of morpholine rings is 1. The lowest BCUT2D eigenvalue weighted by molar-refractivity contribution is -0.120. The van der Waals surface area contributed by atoms with E-state index < -0.39 is 11.9 Å². The second-order valence-electron chi connectivity index (χ2n) is 3.92. The highest BCUT2D eigenvalue weighted by Gasteiger charge is 2.21. The molecule has 1 amide bonds. The van der Waals surface area contributed by atoms with Crippen molar-refractivity contribution in [2.24, 2.45) is 0 Å². The predicted molar refractivity (Wildman–Crippen MR) is 71.4 cm³/mol. The lowest BCUT2D eigenvalue weighted by Gasteiger charge is -2.22. The van der Waals surface area contributed by atoms with E-state index in [0.717, 1.165) is 0 Å². The molecule has 1 aliphatic heterocycles. The third-order valence-corrected chi connectivity index (χ3v) is 2.66. The number of anilines is 1. The van der Waals surface area contributed by atoms with Crippen LogP contribution in [0.25, 0.3) is 0 Å². The summed E-state index contributed by atoms with van der Waals surface area (Å²) < 4.78 is 23.4. The zero-order valence-electron chi connectivity index (χ0n) is 10.4. The van der Waals surface area contributed by atoms with Gasteiger partial charge in [0.05, 0.1) is 20.3 Å². The third-order valence-electron chi connectivity index (χ3n) is 2.66. The molecule has 1 aromatic rings. The van der Waals surface area contributed by atoms with E-state index in [0.29, 0.717) is 25.4 Å². The van der Waals surface area contributed by atoms with Crippen molar-refractivity contribution in [3.05, 3.63) is 24.0 Å². The van der Waals surface area contributed by atoms with Gasteiger partial charge in [-0.1, -0.05) is 0 Å². The number of rotatable bonds is 3. The first kappa shape index (κ1) is 15.7. The number of hydrogen-bond acceptors (Lipinski definition) is 4. The molecule has 19 heavy (non-hydrogen) atoms. The number of halogens is 2. The van der Waals surface area contributed by atoms with E-state index in [9.17, 15) is 9.18 Å². The molecule has 0 radical (unpaired) electrons. The number of benzene rings is 1. The molecule has 1 aliphatic rings. The van der Waals surface area contributed by atoms with Gasteiger partial charge in [-0.05, 0) is 12.1 Å². The normalized spacial score (nSPS) is 18.3. The van der Waals surface area contributed by atoms with Crippen LogP contribution in [0, 0.1) is 5.82 Å². The fraction of sp³-hybridized carbons (Fsp3) is 0.417. The van der Waals surface area contributed by atoms with Crippen LogP contribution in [-0.2, 0) is 9.53 Å². The van der Waals surface area contributed by atoms with Gasteiger partial charge in [-0.2, -0.15) is 0 Å². The van der Waals surface area contributed by atoms with E-state index in [2.05, 4.69) is 10.6 Å². The molecule has 106 valence electrons. The number of ether oxygens (including phenoxy) is 2. The first-order chi connectivity index (χ1) is 8.70. The average molecular weight is 291 g/mol. The summed E-state index contributed by atoms with van der Waals surface area (Å²) in [7, 11) is 1.39. The van der Waals surface area contributed by atoms with Crippen LogP contribution >= 0.6 is 12.4 Å². The largest absolute Gasteiger partial charge is 0.494 e.